The van der Waals surface area contributed by atoms with Gasteiger partial charge in [0.2, 0.25) is 0 Å². The highest BCUT2D eigenvalue weighted by molar-refractivity contribution is 5.25. The zero-order chi connectivity index (χ0) is 12.7. The van der Waals surface area contributed by atoms with E-state index in [2.05, 4.69) is 42.9 Å². The highest BCUT2D eigenvalue weighted by atomic mass is 14.9. The third kappa shape index (κ3) is 4.31. The molecule has 0 fully saturated rings. The van der Waals surface area contributed by atoms with E-state index in [1.807, 2.05) is 13.0 Å². The van der Waals surface area contributed by atoms with Gasteiger partial charge in [0.25, 0.3) is 0 Å². The van der Waals surface area contributed by atoms with Crippen LogP contribution in [0.25, 0.3) is 0 Å². The van der Waals surface area contributed by atoms with Crippen molar-refractivity contribution in [1.29, 1.82) is 0 Å². The van der Waals surface area contributed by atoms with Crippen LogP contribution in [0.5, 0.6) is 0 Å². The van der Waals surface area contributed by atoms with Gasteiger partial charge in [-0.3, -0.25) is 4.98 Å². The standard InChI is InChI=1S/C15H24N2/c1-5-7-8-9-15(16-6-2)14-11-10-12(3)17-13(14)4/h5,10-11,15-16H,1,6-9H2,2-4H3. The molecule has 0 aromatic carbocycles. The molecular weight excluding hydrogens is 208 g/mol. The molecule has 1 atom stereocenters. The Morgan fingerprint density at radius 3 is 2.76 bits per heavy atom. The molecule has 1 aromatic rings. The van der Waals surface area contributed by atoms with Gasteiger partial charge in [-0.1, -0.05) is 19.1 Å². The van der Waals surface area contributed by atoms with Crippen molar-refractivity contribution in [2.75, 3.05) is 6.54 Å². The van der Waals surface area contributed by atoms with Crippen molar-refractivity contribution in [3.05, 3.63) is 41.7 Å². The van der Waals surface area contributed by atoms with Crippen LogP contribution in [0.15, 0.2) is 24.8 Å². The normalized spacial score (nSPS) is 12.4. The summed E-state index contributed by atoms with van der Waals surface area (Å²) in [6, 6.07) is 4.73. The molecule has 1 N–H and O–H groups in total. The fraction of sp³-hybridized carbons (Fsp3) is 0.533. The summed E-state index contributed by atoms with van der Waals surface area (Å²) < 4.78 is 0. The highest BCUT2D eigenvalue weighted by Crippen LogP contribution is 2.22. The van der Waals surface area contributed by atoms with E-state index in [4.69, 9.17) is 0 Å². The van der Waals surface area contributed by atoms with Gasteiger partial charge < -0.3 is 5.32 Å². The molecule has 0 saturated carbocycles. The van der Waals surface area contributed by atoms with Gasteiger partial charge in [-0.2, -0.15) is 0 Å². The van der Waals surface area contributed by atoms with Crippen LogP contribution in [-0.2, 0) is 0 Å². The number of nitrogens with zero attached hydrogens (tertiary/aromatic N) is 1. The van der Waals surface area contributed by atoms with Crippen LogP contribution in [0.1, 0.15) is 49.2 Å². The van der Waals surface area contributed by atoms with E-state index in [1.54, 1.807) is 0 Å². The van der Waals surface area contributed by atoms with E-state index in [1.165, 1.54) is 12.0 Å². The topological polar surface area (TPSA) is 24.9 Å². The van der Waals surface area contributed by atoms with Crippen LogP contribution in [0, 0.1) is 13.8 Å². The summed E-state index contributed by atoms with van der Waals surface area (Å²) in [6.07, 6.45) is 5.39. The zero-order valence-corrected chi connectivity index (χ0v) is 11.3. The fourth-order valence-electron chi connectivity index (χ4n) is 2.15. The van der Waals surface area contributed by atoms with Crippen LogP contribution in [0.4, 0.5) is 0 Å². The van der Waals surface area contributed by atoms with Gasteiger partial charge in [0.15, 0.2) is 0 Å². The second-order valence-electron chi connectivity index (χ2n) is 4.46. The Labute approximate surface area is 105 Å². The molecule has 17 heavy (non-hydrogen) atoms. The van der Waals surface area contributed by atoms with E-state index in [-0.39, 0.29) is 0 Å². The van der Waals surface area contributed by atoms with Crippen molar-refractivity contribution in [2.45, 2.75) is 46.1 Å². The van der Waals surface area contributed by atoms with Crippen molar-refractivity contribution < 1.29 is 0 Å². The molecule has 94 valence electrons. The largest absolute Gasteiger partial charge is 0.310 e. The average Bonchev–Trinajstić information content (AvgIpc) is 2.28. The summed E-state index contributed by atoms with van der Waals surface area (Å²) in [5, 5.41) is 3.54. The molecule has 2 nitrogen and oxygen atoms in total. The van der Waals surface area contributed by atoms with E-state index in [9.17, 15) is 0 Å². The molecule has 1 unspecified atom stereocenters. The first-order valence-electron chi connectivity index (χ1n) is 6.47. The number of unbranched alkanes of at least 4 members (excludes halogenated alkanes) is 1. The second-order valence-corrected chi connectivity index (χ2v) is 4.46. The third-order valence-electron chi connectivity index (χ3n) is 2.99. The van der Waals surface area contributed by atoms with Crippen LogP contribution in [0.3, 0.4) is 0 Å². The Kier molecular flexibility index (Phi) is 5.92. The van der Waals surface area contributed by atoms with Crippen molar-refractivity contribution in [2.24, 2.45) is 0 Å². The van der Waals surface area contributed by atoms with Crippen molar-refractivity contribution in [1.82, 2.24) is 10.3 Å². The molecule has 2 heteroatoms. The quantitative estimate of drug-likeness (QED) is 0.572. The summed E-state index contributed by atoms with van der Waals surface area (Å²) in [5.74, 6) is 0. The first kappa shape index (κ1) is 13.9. The Balaban J connectivity index is 2.77. The molecule has 1 aromatic heterocycles. The van der Waals surface area contributed by atoms with Crippen molar-refractivity contribution in [3.8, 4) is 0 Å². The molecule has 1 heterocycles. The van der Waals surface area contributed by atoms with Gasteiger partial charge in [0.05, 0.1) is 0 Å². The average molecular weight is 232 g/mol. The molecule has 0 bridgehead atoms. The summed E-state index contributed by atoms with van der Waals surface area (Å²) in [5.41, 5.74) is 3.57. The highest BCUT2D eigenvalue weighted by Gasteiger charge is 2.12. The lowest BCUT2D eigenvalue weighted by Crippen LogP contribution is -2.22. The maximum absolute atomic E-state index is 4.54. The summed E-state index contributed by atoms with van der Waals surface area (Å²) in [6.45, 7) is 11.1. The molecule has 0 aliphatic heterocycles. The minimum atomic E-state index is 0.424. The number of hydrogen-bond acceptors (Lipinski definition) is 2. The van der Waals surface area contributed by atoms with Crippen molar-refractivity contribution >= 4 is 0 Å². The molecular formula is C15H24N2. The van der Waals surface area contributed by atoms with E-state index in [0.717, 1.165) is 30.8 Å². The first-order valence-corrected chi connectivity index (χ1v) is 6.47. The molecule has 0 radical (unpaired) electrons. The lowest BCUT2D eigenvalue weighted by Gasteiger charge is -2.20. The van der Waals surface area contributed by atoms with E-state index >= 15 is 0 Å². The lowest BCUT2D eigenvalue weighted by molar-refractivity contribution is 0.496. The maximum atomic E-state index is 4.54. The number of allylic oxidation sites excluding steroid dienone is 1. The number of pyridine rings is 1. The maximum Gasteiger partial charge on any atom is 0.0423 e. The molecule has 0 aliphatic carbocycles. The molecule has 0 amide bonds. The SMILES string of the molecule is C=CCCCC(NCC)c1ccc(C)nc1C. The summed E-state index contributed by atoms with van der Waals surface area (Å²) in [4.78, 5) is 4.54. The smallest absolute Gasteiger partial charge is 0.0423 e. The number of rotatable bonds is 7. The number of aryl methyl sites for hydroxylation is 2. The van der Waals surface area contributed by atoms with Gasteiger partial charge in [-0.05, 0) is 51.3 Å². The molecule has 0 aliphatic rings. The third-order valence-corrected chi connectivity index (χ3v) is 2.99. The summed E-state index contributed by atoms with van der Waals surface area (Å²) >= 11 is 0. The Hall–Kier alpha value is -1.15. The first-order chi connectivity index (χ1) is 8.19. The predicted molar refractivity (Wildman–Crippen MR) is 74.2 cm³/mol. The Bertz CT molecular complexity index is 358. The van der Waals surface area contributed by atoms with Crippen LogP contribution in [0.2, 0.25) is 0 Å². The van der Waals surface area contributed by atoms with E-state index in [0.29, 0.717) is 6.04 Å². The number of hydrogen-bond donors (Lipinski definition) is 1. The van der Waals surface area contributed by atoms with Gasteiger partial charge in [-0.25, -0.2) is 0 Å². The predicted octanol–water partition coefficient (Wildman–Crippen LogP) is 3.71. The van der Waals surface area contributed by atoms with Crippen molar-refractivity contribution in [3.63, 3.8) is 0 Å². The number of aromatic nitrogens is 1. The molecule has 1 rings (SSSR count). The van der Waals surface area contributed by atoms with Gasteiger partial charge in [-0.15, -0.1) is 6.58 Å². The number of nitrogens with one attached hydrogen (secondary N) is 1. The molecule has 0 saturated heterocycles. The van der Waals surface area contributed by atoms with Gasteiger partial charge >= 0.3 is 0 Å². The van der Waals surface area contributed by atoms with E-state index < -0.39 is 0 Å². The van der Waals surface area contributed by atoms with Crippen LogP contribution in [-0.4, -0.2) is 11.5 Å². The second kappa shape index (κ2) is 7.23. The van der Waals surface area contributed by atoms with Crippen LogP contribution >= 0.6 is 0 Å². The van der Waals surface area contributed by atoms with Gasteiger partial charge in [0.1, 0.15) is 0 Å². The fourth-order valence-corrected chi connectivity index (χ4v) is 2.15. The Morgan fingerprint density at radius 2 is 2.18 bits per heavy atom. The van der Waals surface area contributed by atoms with Gasteiger partial charge in [0, 0.05) is 17.4 Å². The minimum absolute atomic E-state index is 0.424. The lowest BCUT2D eigenvalue weighted by atomic mass is 9.99. The summed E-state index contributed by atoms with van der Waals surface area (Å²) in [7, 11) is 0. The minimum Gasteiger partial charge on any atom is -0.310 e. The Morgan fingerprint density at radius 1 is 1.41 bits per heavy atom. The molecule has 0 spiro atoms. The zero-order valence-electron chi connectivity index (χ0n) is 11.3. The van der Waals surface area contributed by atoms with Crippen LogP contribution < -0.4 is 5.32 Å². The monoisotopic (exact) mass is 232 g/mol.